The van der Waals surface area contributed by atoms with E-state index in [0.717, 1.165) is 11.3 Å². The molecule has 0 aromatic heterocycles. The van der Waals surface area contributed by atoms with E-state index in [9.17, 15) is 9.90 Å². The molecule has 1 unspecified atom stereocenters. The number of Topliss-reactive ketones (excluding diaryl/α,β-unsaturated/α-hetero) is 1. The van der Waals surface area contributed by atoms with Crippen molar-refractivity contribution in [2.24, 2.45) is 4.99 Å². The Hall–Kier alpha value is -2.68. The zero-order chi connectivity index (χ0) is 16.9. The second kappa shape index (κ2) is 7.26. The highest BCUT2D eigenvalue weighted by Crippen LogP contribution is 2.34. The van der Waals surface area contributed by atoms with Crippen LogP contribution < -0.4 is 0 Å². The van der Waals surface area contributed by atoms with Crippen LogP contribution in [0.2, 0.25) is 0 Å². The summed E-state index contributed by atoms with van der Waals surface area (Å²) in [5.74, 6) is 0.222. The molecule has 1 aliphatic rings. The molecule has 0 aliphatic heterocycles. The Balaban J connectivity index is 2.02. The third kappa shape index (κ3) is 3.46. The lowest BCUT2D eigenvalue weighted by atomic mass is 9.79. The predicted octanol–water partition coefficient (Wildman–Crippen LogP) is 5.13. The summed E-state index contributed by atoms with van der Waals surface area (Å²) in [6, 6.07) is 19.6. The minimum atomic E-state index is -0.0239. The molecule has 1 fully saturated rings. The van der Waals surface area contributed by atoms with Gasteiger partial charge in [-0.2, -0.15) is 0 Å². The number of nitrogens with zero attached hydrogens (tertiary/aromatic N) is 1. The van der Waals surface area contributed by atoms with Gasteiger partial charge in [0.1, 0.15) is 5.76 Å². The van der Waals surface area contributed by atoms with Crippen LogP contribution in [0.15, 0.2) is 77.0 Å². The maximum atomic E-state index is 12.7. The Morgan fingerprint density at radius 3 is 2.29 bits per heavy atom. The molecule has 2 aromatic carbocycles. The summed E-state index contributed by atoms with van der Waals surface area (Å²) in [5.41, 5.74) is 3.04. The van der Waals surface area contributed by atoms with Gasteiger partial charge in [0, 0.05) is 12.8 Å². The van der Waals surface area contributed by atoms with Crippen LogP contribution in [0.4, 0.5) is 5.69 Å². The Bertz CT molecular complexity index is 776. The van der Waals surface area contributed by atoms with Crippen LogP contribution in [-0.4, -0.2) is 16.6 Å². The second-order valence-corrected chi connectivity index (χ2v) is 6.01. The van der Waals surface area contributed by atoms with Gasteiger partial charge in [-0.05, 0) is 30.0 Å². The topological polar surface area (TPSA) is 49.7 Å². The Morgan fingerprint density at radius 1 is 1.04 bits per heavy atom. The molecule has 122 valence electrons. The van der Waals surface area contributed by atoms with Gasteiger partial charge in [0.05, 0.1) is 17.0 Å². The van der Waals surface area contributed by atoms with Crippen molar-refractivity contribution < 1.29 is 9.90 Å². The first kappa shape index (κ1) is 16.2. The van der Waals surface area contributed by atoms with E-state index >= 15 is 0 Å². The van der Waals surface area contributed by atoms with Crippen LogP contribution in [-0.2, 0) is 4.79 Å². The van der Waals surface area contributed by atoms with Gasteiger partial charge in [-0.15, -0.1) is 0 Å². The summed E-state index contributed by atoms with van der Waals surface area (Å²) in [6.07, 6.45) is 1.51. The van der Waals surface area contributed by atoms with Gasteiger partial charge in [0.15, 0.2) is 5.78 Å². The van der Waals surface area contributed by atoms with E-state index in [0.29, 0.717) is 30.5 Å². The van der Waals surface area contributed by atoms with Crippen LogP contribution in [0.1, 0.15) is 37.7 Å². The van der Waals surface area contributed by atoms with Crippen molar-refractivity contribution in [1.82, 2.24) is 0 Å². The normalized spacial score (nSPS) is 21.8. The molecule has 1 atom stereocenters. The largest absolute Gasteiger partial charge is 0.512 e. The molecule has 1 aliphatic carbocycles. The van der Waals surface area contributed by atoms with Crippen molar-refractivity contribution in [2.45, 2.75) is 32.1 Å². The van der Waals surface area contributed by atoms with Crippen molar-refractivity contribution in [2.75, 3.05) is 0 Å². The predicted molar refractivity (Wildman–Crippen MR) is 96.9 cm³/mol. The highest BCUT2D eigenvalue weighted by atomic mass is 16.3. The lowest BCUT2D eigenvalue weighted by Crippen LogP contribution is -2.26. The molecule has 3 nitrogen and oxygen atoms in total. The van der Waals surface area contributed by atoms with Gasteiger partial charge in [0.25, 0.3) is 0 Å². The molecule has 24 heavy (non-hydrogen) atoms. The molecule has 1 N–H and O–H groups in total. The fraction of sp³-hybridized carbons (Fsp3) is 0.238. The number of carbonyl (C=O) groups excluding carboxylic acids is 1. The van der Waals surface area contributed by atoms with Crippen molar-refractivity contribution in [3.8, 4) is 0 Å². The Morgan fingerprint density at radius 2 is 1.67 bits per heavy atom. The minimum Gasteiger partial charge on any atom is -0.512 e. The van der Waals surface area contributed by atoms with Gasteiger partial charge >= 0.3 is 0 Å². The van der Waals surface area contributed by atoms with Crippen molar-refractivity contribution in [3.05, 3.63) is 77.6 Å². The van der Waals surface area contributed by atoms with Gasteiger partial charge in [-0.25, -0.2) is 0 Å². The molecule has 2 aromatic rings. The number of para-hydroxylation sites is 1. The number of allylic oxidation sites excluding steroid dienone is 2. The third-order valence-electron chi connectivity index (χ3n) is 4.35. The van der Waals surface area contributed by atoms with Crippen LogP contribution in [0.25, 0.3) is 0 Å². The first-order valence-electron chi connectivity index (χ1n) is 8.32. The molecular weight excluding hydrogens is 298 g/mol. The molecule has 0 heterocycles. The molecule has 0 saturated heterocycles. The fourth-order valence-corrected chi connectivity index (χ4v) is 3.12. The Labute approximate surface area is 142 Å². The maximum Gasteiger partial charge on any atom is 0.168 e. The number of aliphatic hydroxyl groups excluding tert-OH is 1. The summed E-state index contributed by atoms with van der Waals surface area (Å²) in [6.45, 7) is 1.85. The molecule has 1 saturated carbocycles. The number of rotatable bonds is 3. The van der Waals surface area contributed by atoms with E-state index in [1.165, 1.54) is 0 Å². The number of benzene rings is 2. The standard InChI is InChI=1S/C21H21NO2/c1-2-19(23)21-18(22-17-11-7-4-8-12-17)13-16(14-20(21)24)15-9-5-3-6-10-15/h3-12,16,23H,2,13-14H2,1H3/b21-19+,22-18?. The number of hydrogen-bond donors (Lipinski definition) is 1. The van der Waals surface area contributed by atoms with E-state index in [1.807, 2.05) is 67.6 Å². The molecule has 0 bridgehead atoms. The molecule has 0 radical (unpaired) electrons. The smallest absolute Gasteiger partial charge is 0.168 e. The summed E-state index contributed by atoms with van der Waals surface area (Å²) in [4.78, 5) is 17.4. The molecule has 3 heteroatoms. The van der Waals surface area contributed by atoms with Gasteiger partial charge in [0.2, 0.25) is 0 Å². The number of ketones is 1. The quantitative estimate of drug-likeness (QED) is 0.630. The number of carbonyl (C=O) groups is 1. The number of aliphatic imine (C=N–C) groups is 1. The SMILES string of the molecule is CC/C(O)=C1\C(=O)CC(c2ccccc2)CC1=Nc1ccccc1. The van der Waals surface area contributed by atoms with E-state index in [4.69, 9.17) is 0 Å². The zero-order valence-electron chi connectivity index (χ0n) is 13.8. The lowest BCUT2D eigenvalue weighted by Gasteiger charge is -2.25. The minimum absolute atomic E-state index is 0.0239. The summed E-state index contributed by atoms with van der Waals surface area (Å²) in [7, 11) is 0. The van der Waals surface area contributed by atoms with Gasteiger partial charge in [-0.3, -0.25) is 9.79 Å². The lowest BCUT2D eigenvalue weighted by molar-refractivity contribution is -0.115. The maximum absolute atomic E-state index is 12.7. The first-order valence-corrected chi connectivity index (χ1v) is 8.32. The van der Waals surface area contributed by atoms with Gasteiger partial charge in [-0.1, -0.05) is 55.5 Å². The highest BCUT2D eigenvalue weighted by Gasteiger charge is 2.32. The average Bonchev–Trinajstić information content (AvgIpc) is 2.62. The van der Waals surface area contributed by atoms with Crippen LogP contribution in [0, 0.1) is 0 Å². The molecular formula is C21H21NO2. The highest BCUT2D eigenvalue weighted by molar-refractivity contribution is 6.25. The summed E-state index contributed by atoms with van der Waals surface area (Å²) >= 11 is 0. The summed E-state index contributed by atoms with van der Waals surface area (Å²) < 4.78 is 0. The van der Waals surface area contributed by atoms with E-state index in [1.54, 1.807) is 0 Å². The molecule has 0 amide bonds. The van der Waals surface area contributed by atoms with Crippen LogP contribution >= 0.6 is 0 Å². The summed E-state index contributed by atoms with van der Waals surface area (Å²) in [5, 5.41) is 10.2. The molecule has 3 rings (SSSR count). The second-order valence-electron chi connectivity index (χ2n) is 6.01. The monoisotopic (exact) mass is 319 g/mol. The van der Waals surface area contributed by atoms with E-state index in [-0.39, 0.29) is 17.5 Å². The average molecular weight is 319 g/mol. The van der Waals surface area contributed by atoms with Gasteiger partial charge < -0.3 is 5.11 Å². The van der Waals surface area contributed by atoms with Crippen molar-refractivity contribution in [3.63, 3.8) is 0 Å². The third-order valence-corrected chi connectivity index (χ3v) is 4.35. The van der Waals surface area contributed by atoms with Crippen molar-refractivity contribution >= 4 is 17.2 Å². The van der Waals surface area contributed by atoms with Crippen LogP contribution in [0.3, 0.4) is 0 Å². The van der Waals surface area contributed by atoms with Crippen molar-refractivity contribution in [1.29, 1.82) is 0 Å². The number of hydrogen-bond acceptors (Lipinski definition) is 3. The zero-order valence-corrected chi connectivity index (χ0v) is 13.8. The first-order chi connectivity index (χ1) is 11.7. The number of aliphatic hydroxyl groups is 1. The van der Waals surface area contributed by atoms with E-state index < -0.39 is 0 Å². The Kier molecular flexibility index (Phi) is 4.90. The molecule has 0 spiro atoms. The van der Waals surface area contributed by atoms with E-state index in [2.05, 4.69) is 4.99 Å². The van der Waals surface area contributed by atoms with Crippen LogP contribution in [0.5, 0.6) is 0 Å². The fourth-order valence-electron chi connectivity index (χ4n) is 3.12.